The Morgan fingerprint density at radius 2 is 2.06 bits per heavy atom. The highest BCUT2D eigenvalue weighted by Crippen LogP contribution is 2.28. The largest absolute Gasteiger partial charge is 0.497 e. The van der Waals surface area contributed by atoms with Crippen LogP contribution in [0.4, 0.5) is 0 Å². The van der Waals surface area contributed by atoms with Gasteiger partial charge in [0.05, 0.1) is 12.8 Å². The number of carbonyl (C=O) groups excluding carboxylic acids is 2. The molecule has 2 amide bonds. The SMILES string of the molecule is COc1cccc(CNC(=O)CCc2c(C)nc3cc(C4CCN(C(C)=O)C4)nn3c2C)c1. The van der Waals surface area contributed by atoms with Crippen LogP contribution >= 0.6 is 0 Å². The van der Waals surface area contributed by atoms with E-state index in [2.05, 4.69) is 5.32 Å². The van der Waals surface area contributed by atoms with Crippen molar-refractivity contribution in [2.75, 3.05) is 20.2 Å². The second-order valence-electron chi connectivity index (χ2n) is 8.68. The van der Waals surface area contributed by atoms with Gasteiger partial charge in [-0.3, -0.25) is 9.59 Å². The minimum Gasteiger partial charge on any atom is -0.497 e. The number of fused-ring (bicyclic) bond motifs is 1. The van der Waals surface area contributed by atoms with Crippen LogP contribution in [0.5, 0.6) is 5.75 Å². The van der Waals surface area contributed by atoms with Crippen LogP contribution in [-0.2, 0) is 22.6 Å². The van der Waals surface area contributed by atoms with Gasteiger partial charge in [-0.1, -0.05) is 12.1 Å². The van der Waals surface area contributed by atoms with Crippen LogP contribution in [0.1, 0.15) is 53.9 Å². The molecule has 3 aromatic rings. The summed E-state index contributed by atoms with van der Waals surface area (Å²) in [4.78, 5) is 30.8. The van der Waals surface area contributed by atoms with Crippen molar-refractivity contribution in [2.45, 2.75) is 52.5 Å². The highest BCUT2D eigenvalue weighted by Gasteiger charge is 2.28. The lowest BCUT2D eigenvalue weighted by Crippen LogP contribution is -2.25. The van der Waals surface area contributed by atoms with E-state index in [0.29, 0.717) is 25.9 Å². The molecule has 8 heteroatoms. The molecule has 0 spiro atoms. The first-order valence-electron chi connectivity index (χ1n) is 11.4. The molecule has 3 heterocycles. The molecule has 1 fully saturated rings. The van der Waals surface area contributed by atoms with Crippen molar-refractivity contribution >= 4 is 17.5 Å². The van der Waals surface area contributed by atoms with E-state index in [-0.39, 0.29) is 17.7 Å². The molecule has 174 valence electrons. The molecule has 0 bridgehead atoms. The summed E-state index contributed by atoms with van der Waals surface area (Å²) in [5, 5.41) is 7.79. The highest BCUT2D eigenvalue weighted by molar-refractivity contribution is 5.76. The van der Waals surface area contributed by atoms with Gasteiger partial charge in [-0.05, 0) is 49.9 Å². The number of nitrogens with zero attached hydrogens (tertiary/aromatic N) is 4. The molecule has 8 nitrogen and oxygen atoms in total. The fraction of sp³-hybridized carbons (Fsp3) is 0.440. The summed E-state index contributed by atoms with van der Waals surface area (Å²) < 4.78 is 7.11. The number of benzene rings is 1. The molecule has 0 radical (unpaired) electrons. The summed E-state index contributed by atoms with van der Waals surface area (Å²) in [6.07, 6.45) is 1.90. The summed E-state index contributed by atoms with van der Waals surface area (Å²) in [6.45, 7) is 7.56. The van der Waals surface area contributed by atoms with Crippen LogP contribution in [0.25, 0.3) is 5.65 Å². The first-order valence-corrected chi connectivity index (χ1v) is 11.4. The molecule has 1 aliphatic heterocycles. The van der Waals surface area contributed by atoms with Crippen molar-refractivity contribution in [3.05, 3.63) is 58.5 Å². The number of ether oxygens (including phenoxy) is 1. The third-order valence-corrected chi connectivity index (χ3v) is 6.46. The number of aryl methyl sites for hydroxylation is 2. The second kappa shape index (κ2) is 9.60. The number of methoxy groups -OCH3 is 1. The average Bonchev–Trinajstić information content (AvgIpc) is 3.45. The van der Waals surface area contributed by atoms with Crippen molar-refractivity contribution in [3.63, 3.8) is 0 Å². The zero-order valence-corrected chi connectivity index (χ0v) is 19.7. The van der Waals surface area contributed by atoms with E-state index in [0.717, 1.165) is 52.6 Å². The maximum atomic E-state index is 12.5. The summed E-state index contributed by atoms with van der Waals surface area (Å²) in [7, 11) is 1.63. The van der Waals surface area contributed by atoms with Gasteiger partial charge in [0.15, 0.2) is 5.65 Å². The first kappa shape index (κ1) is 22.8. The van der Waals surface area contributed by atoms with E-state index >= 15 is 0 Å². The molecule has 0 saturated carbocycles. The number of hydrogen-bond acceptors (Lipinski definition) is 5. The standard InChI is InChI=1S/C25H31N5O3/c1-16-22(8-9-25(32)26-14-19-6-5-7-21(12-19)33-4)17(2)30-24(27-16)13-23(28-30)20-10-11-29(15-20)18(3)31/h5-7,12-13,20H,8-11,14-15H2,1-4H3,(H,26,32). The molecule has 1 N–H and O–H groups in total. The van der Waals surface area contributed by atoms with Gasteiger partial charge in [-0.15, -0.1) is 0 Å². The minimum absolute atomic E-state index is 0.00634. The first-order chi connectivity index (χ1) is 15.9. The predicted octanol–water partition coefficient (Wildman–Crippen LogP) is 2.94. The van der Waals surface area contributed by atoms with Gasteiger partial charge in [0.25, 0.3) is 0 Å². The number of carbonyl (C=O) groups is 2. The monoisotopic (exact) mass is 449 g/mol. The molecule has 1 aromatic carbocycles. The van der Waals surface area contributed by atoms with Gasteiger partial charge < -0.3 is 15.0 Å². The number of aromatic nitrogens is 3. The van der Waals surface area contributed by atoms with Gasteiger partial charge in [0.2, 0.25) is 11.8 Å². The van der Waals surface area contributed by atoms with Crippen LogP contribution in [0, 0.1) is 13.8 Å². The van der Waals surface area contributed by atoms with E-state index in [1.54, 1.807) is 14.0 Å². The number of hydrogen-bond donors (Lipinski definition) is 1. The van der Waals surface area contributed by atoms with E-state index in [1.165, 1.54) is 0 Å². The molecule has 0 aliphatic carbocycles. The lowest BCUT2D eigenvalue weighted by molar-refractivity contribution is -0.127. The normalized spacial score (nSPS) is 15.8. The quantitative estimate of drug-likeness (QED) is 0.599. The Morgan fingerprint density at radius 3 is 2.79 bits per heavy atom. The highest BCUT2D eigenvalue weighted by atomic mass is 16.5. The fourth-order valence-corrected chi connectivity index (χ4v) is 4.50. The Labute approximate surface area is 193 Å². The maximum absolute atomic E-state index is 12.5. The Hall–Kier alpha value is -3.42. The van der Waals surface area contributed by atoms with Crippen LogP contribution in [0.3, 0.4) is 0 Å². The number of likely N-dealkylation sites (tertiary alicyclic amines) is 1. The summed E-state index contributed by atoms with van der Waals surface area (Å²) >= 11 is 0. The van der Waals surface area contributed by atoms with Gasteiger partial charge >= 0.3 is 0 Å². The van der Waals surface area contributed by atoms with Crippen molar-refractivity contribution in [1.82, 2.24) is 24.8 Å². The lowest BCUT2D eigenvalue weighted by Gasteiger charge is -2.12. The predicted molar refractivity (Wildman–Crippen MR) is 125 cm³/mol. The average molecular weight is 450 g/mol. The zero-order valence-electron chi connectivity index (χ0n) is 19.7. The van der Waals surface area contributed by atoms with Crippen LogP contribution in [0.15, 0.2) is 30.3 Å². The van der Waals surface area contributed by atoms with Crippen molar-refractivity contribution in [2.24, 2.45) is 0 Å². The van der Waals surface area contributed by atoms with Crippen LogP contribution < -0.4 is 10.1 Å². The molecule has 33 heavy (non-hydrogen) atoms. The number of amides is 2. The molecule has 1 aliphatic rings. The third kappa shape index (κ3) is 4.99. The Bertz CT molecular complexity index is 1190. The van der Waals surface area contributed by atoms with Gasteiger partial charge in [-0.25, -0.2) is 9.50 Å². The van der Waals surface area contributed by atoms with Crippen molar-refractivity contribution in [3.8, 4) is 5.75 Å². The summed E-state index contributed by atoms with van der Waals surface area (Å²) in [6, 6.07) is 9.70. The Morgan fingerprint density at radius 1 is 1.24 bits per heavy atom. The molecule has 4 rings (SSSR count). The maximum Gasteiger partial charge on any atom is 0.220 e. The molecular weight excluding hydrogens is 418 g/mol. The van der Waals surface area contributed by atoms with Gasteiger partial charge in [0.1, 0.15) is 5.75 Å². The van der Waals surface area contributed by atoms with Crippen molar-refractivity contribution in [1.29, 1.82) is 0 Å². The van der Waals surface area contributed by atoms with Crippen molar-refractivity contribution < 1.29 is 14.3 Å². The Kier molecular flexibility index (Phi) is 6.62. The number of rotatable bonds is 7. The molecule has 1 saturated heterocycles. The smallest absolute Gasteiger partial charge is 0.220 e. The summed E-state index contributed by atoms with van der Waals surface area (Å²) in [5.74, 6) is 1.12. The third-order valence-electron chi connectivity index (χ3n) is 6.46. The van der Waals surface area contributed by atoms with Crippen LogP contribution in [-0.4, -0.2) is 51.5 Å². The van der Waals surface area contributed by atoms with E-state index in [1.807, 2.05) is 53.6 Å². The number of nitrogens with one attached hydrogen (secondary N) is 1. The topological polar surface area (TPSA) is 88.8 Å². The van der Waals surface area contributed by atoms with E-state index < -0.39 is 0 Å². The molecule has 2 aromatic heterocycles. The van der Waals surface area contributed by atoms with Crippen LogP contribution in [0.2, 0.25) is 0 Å². The second-order valence-corrected chi connectivity index (χ2v) is 8.68. The molecular formula is C25H31N5O3. The fourth-order valence-electron chi connectivity index (χ4n) is 4.50. The molecule has 1 atom stereocenters. The zero-order chi connectivity index (χ0) is 23.5. The summed E-state index contributed by atoms with van der Waals surface area (Å²) in [5.41, 5.74) is 5.76. The van der Waals surface area contributed by atoms with E-state index in [9.17, 15) is 9.59 Å². The van der Waals surface area contributed by atoms with Gasteiger partial charge in [-0.2, -0.15) is 5.10 Å². The Balaban J connectivity index is 1.42. The molecule has 1 unspecified atom stereocenters. The lowest BCUT2D eigenvalue weighted by atomic mass is 10.1. The van der Waals surface area contributed by atoms with E-state index in [4.69, 9.17) is 14.8 Å². The van der Waals surface area contributed by atoms with Gasteiger partial charge in [0, 0.05) is 56.4 Å². The minimum atomic E-state index is -0.00634.